The van der Waals surface area contributed by atoms with Crippen molar-refractivity contribution < 1.29 is 14.3 Å². The molecule has 0 aromatic carbocycles. The molecular formula is C12H18N2O3S. The molecule has 18 heavy (non-hydrogen) atoms. The Morgan fingerprint density at radius 1 is 1.56 bits per heavy atom. The van der Waals surface area contributed by atoms with Gasteiger partial charge in [0.05, 0.1) is 12.0 Å². The first-order valence-electron chi connectivity index (χ1n) is 5.72. The summed E-state index contributed by atoms with van der Waals surface area (Å²) in [7, 11) is 1.54. The molecule has 3 N–H and O–H groups in total. The SMILES string of the molecule is CC[C@H](C)[C@H](NC(=O)c1cc(OC)cs1)C(N)=O. The summed E-state index contributed by atoms with van der Waals surface area (Å²) < 4.78 is 5.00. The first kappa shape index (κ1) is 14.5. The van der Waals surface area contributed by atoms with Crippen molar-refractivity contribution in [3.05, 3.63) is 16.3 Å². The highest BCUT2D eigenvalue weighted by molar-refractivity contribution is 7.12. The van der Waals surface area contributed by atoms with Gasteiger partial charge in [-0.05, 0) is 5.92 Å². The summed E-state index contributed by atoms with van der Waals surface area (Å²) in [6.07, 6.45) is 0.766. The average molecular weight is 270 g/mol. The lowest BCUT2D eigenvalue weighted by atomic mass is 9.98. The van der Waals surface area contributed by atoms with Gasteiger partial charge in [0.15, 0.2) is 0 Å². The van der Waals surface area contributed by atoms with E-state index in [-0.39, 0.29) is 11.8 Å². The number of methoxy groups -OCH3 is 1. The zero-order valence-electron chi connectivity index (χ0n) is 10.7. The summed E-state index contributed by atoms with van der Waals surface area (Å²) >= 11 is 1.27. The maximum Gasteiger partial charge on any atom is 0.262 e. The maximum atomic E-state index is 11.9. The third kappa shape index (κ3) is 3.46. The fourth-order valence-corrected chi connectivity index (χ4v) is 2.24. The van der Waals surface area contributed by atoms with E-state index >= 15 is 0 Å². The molecule has 0 unspecified atom stereocenters. The van der Waals surface area contributed by atoms with Crippen LogP contribution in [0.4, 0.5) is 0 Å². The molecule has 2 atom stereocenters. The molecular weight excluding hydrogens is 252 g/mol. The number of thiophene rings is 1. The van der Waals surface area contributed by atoms with Gasteiger partial charge in [0.1, 0.15) is 11.8 Å². The number of hydrogen-bond donors (Lipinski definition) is 2. The summed E-state index contributed by atoms with van der Waals surface area (Å²) in [6.45, 7) is 3.83. The zero-order valence-corrected chi connectivity index (χ0v) is 11.5. The topological polar surface area (TPSA) is 81.4 Å². The molecule has 0 aliphatic heterocycles. The monoisotopic (exact) mass is 270 g/mol. The molecule has 6 heteroatoms. The van der Waals surface area contributed by atoms with E-state index in [1.165, 1.54) is 18.4 Å². The number of carbonyl (C=O) groups is 2. The van der Waals surface area contributed by atoms with E-state index in [9.17, 15) is 9.59 Å². The summed E-state index contributed by atoms with van der Waals surface area (Å²) in [5, 5.41) is 4.40. The minimum atomic E-state index is -0.643. The van der Waals surface area contributed by atoms with Crippen LogP contribution in [0.3, 0.4) is 0 Å². The summed E-state index contributed by atoms with van der Waals surface area (Å²) in [5.41, 5.74) is 5.30. The first-order valence-corrected chi connectivity index (χ1v) is 6.60. The van der Waals surface area contributed by atoms with Crippen molar-refractivity contribution >= 4 is 23.2 Å². The molecule has 1 heterocycles. The normalized spacial score (nSPS) is 13.7. The van der Waals surface area contributed by atoms with Crippen molar-refractivity contribution in [3.63, 3.8) is 0 Å². The number of hydrogen-bond acceptors (Lipinski definition) is 4. The number of carbonyl (C=O) groups excluding carboxylic acids is 2. The van der Waals surface area contributed by atoms with Crippen LogP contribution in [0.5, 0.6) is 5.75 Å². The number of nitrogens with two attached hydrogens (primary N) is 1. The van der Waals surface area contributed by atoms with Crippen LogP contribution in [-0.4, -0.2) is 25.0 Å². The zero-order chi connectivity index (χ0) is 13.7. The summed E-state index contributed by atoms with van der Waals surface area (Å²) in [6, 6.07) is 0.991. The van der Waals surface area contributed by atoms with Gasteiger partial charge in [-0.2, -0.15) is 0 Å². The van der Waals surface area contributed by atoms with Gasteiger partial charge in [-0.25, -0.2) is 0 Å². The molecule has 1 aromatic rings. The minimum absolute atomic E-state index is 0.00769. The van der Waals surface area contributed by atoms with Crippen LogP contribution in [0.1, 0.15) is 29.9 Å². The van der Waals surface area contributed by atoms with Crippen LogP contribution < -0.4 is 15.8 Å². The Hall–Kier alpha value is -1.56. The Morgan fingerprint density at radius 3 is 2.67 bits per heavy atom. The van der Waals surface area contributed by atoms with Gasteiger partial charge >= 0.3 is 0 Å². The van der Waals surface area contributed by atoms with Crippen molar-refractivity contribution in [3.8, 4) is 5.75 Å². The molecule has 1 rings (SSSR count). The van der Waals surface area contributed by atoms with Gasteiger partial charge in [-0.3, -0.25) is 9.59 Å². The van der Waals surface area contributed by atoms with Crippen molar-refractivity contribution in [1.82, 2.24) is 5.32 Å². The maximum absolute atomic E-state index is 11.9. The standard InChI is InChI=1S/C12H18N2O3S/c1-4-7(2)10(11(13)15)14-12(16)9-5-8(17-3)6-18-9/h5-7,10H,4H2,1-3H3,(H2,13,15)(H,14,16)/t7-,10-/m0/s1. The van der Waals surface area contributed by atoms with Gasteiger partial charge in [-0.15, -0.1) is 11.3 Å². The molecule has 0 saturated heterocycles. The molecule has 5 nitrogen and oxygen atoms in total. The fraction of sp³-hybridized carbons (Fsp3) is 0.500. The molecule has 0 spiro atoms. The average Bonchev–Trinajstić information content (AvgIpc) is 2.83. The van der Waals surface area contributed by atoms with Crippen molar-refractivity contribution in [2.45, 2.75) is 26.3 Å². The van der Waals surface area contributed by atoms with E-state index in [1.54, 1.807) is 11.4 Å². The van der Waals surface area contributed by atoms with E-state index in [2.05, 4.69) is 5.32 Å². The van der Waals surface area contributed by atoms with E-state index in [4.69, 9.17) is 10.5 Å². The van der Waals surface area contributed by atoms with E-state index in [0.29, 0.717) is 10.6 Å². The first-order chi connectivity index (χ1) is 8.49. The van der Waals surface area contributed by atoms with Gasteiger partial charge in [0, 0.05) is 11.4 Å². The van der Waals surface area contributed by atoms with Crippen LogP contribution in [0, 0.1) is 5.92 Å². The highest BCUT2D eigenvalue weighted by Gasteiger charge is 2.24. The van der Waals surface area contributed by atoms with Crippen molar-refractivity contribution in [2.75, 3.05) is 7.11 Å². The molecule has 0 aliphatic carbocycles. The highest BCUT2D eigenvalue weighted by atomic mass is 32.1. The Balaban J connectivity index is 2.75. The Kier molecular flexibility index (Phi) is 5.15. The highest BCUT2D eigenvalue weighted by Crippen LogP contribution is 2.21. The van der Waals surface area contributed by atoms with Crippen LogP contribution in [-0.2, 0) is 4.79 Å². The quantitative estimate of drug-likeness (QED) is 0.819. The van der Waals surface area contributed by atoms with Crippen molar-refractivity contribution in [1.29, 1.82) is 0 Å². The van der Waals surface area contributed by atoms with Gasteiger partial charge in [0.25, 0.3) is 5.91 Å². The lowest BCUT2D eigenvalue weighted by Crippen LogP contribution is -2.48. The number of amides is 2. The largest absolute Gasteiger partial charge is 0.496 e. The fourth-order valence-electron chi connectivity index (χ4n) is 1.49. The summed E-state index contributed by atoms with van der Waals surface area (Å²) in [4.78, 5) is 23.8. The third-order valence-electron chi connectivity index (χ3n) is 2.84. The van der Waals surface area contributed by atoms with Crippen LogP contribution in [0.25, 0.3) is 0 Å². The molecule has 2 amide bonds. The Bertz CT molecular complexity index is 431. The van der Waals surface area contributed by atoms with Gasteiger partial charge < -0.3 is 15.8 Å². The van der Waals surface area contributed by atoms with E-state index in [0.717, 1.165) is 6.42 Å². The molecule has 0 bridgehead atoms. The predicted molar refractivity (Wildman–Crippen MR) is 70.8 cm³/mol. The third-order valence-corrected chi connectivity index (χ3v) is 3.75. The lowest BCUT2D eigenvalue weighted by Gasteiger charge is -2.20. The number of ether oxygens (including phenoxy) is 1. The number of nitrogens with one attached hydrogen (secondary N) is 1. The smallest absolute Gasteiger partial charge is 0.262 e. The Morgan fingerprint density at radius 2 is 2.22 bits per heavy atom. The lowest BCUT2D eigenvalue weighted by molar-refractivity contribution is -0.120. The second-order valence-electron chi connectivity index (χ2n) is 4.09. The van der Waals surface area contributed by atoms with E-state index in [1.807, 2.05) is 13.8 Å². The molecule has 0 aliphatic rings. The van der Waals surface area contributed by atoms with Gasteiger partial charge in [0.2, 0.25) is 5.91 Å². The molecule has 0 saturated carbocycles. The second kappa shape index (κ2) is 6.39. The van der Waals surface area contributed by atoms with Gasteiger partial charge in [-0.1, -0.05) is 20.3 Å². The minimum Gasteiger partial charge on any atom is -0.496 e. The Labute approximate surface area is 110 Å². The van der Waals surface area contributed by atoms with E-state index < -0.39 is 11.9 Å². The van der Waals surface area contributed by atoms with Crippen LogP contribution in [0.2, 0.25) is 0 Å². The molecule has 100 valence electrons. The number of rotatable bonds is 6. The van der Waals surface area contributed by atoms with Crippen LogP contribution >= 0.6 is 11.3 Å². The summed E-state index contributed by atoms with van der Waals surface area (Å²) in [5.74, 6) is -0.175. The van der Waals surface area contributed by atoms with Crippen LogP contribution in [0.15, 0.2) is 11.4 Å². The predicted octanol–water partition coefficient (Wildman–Crippen LogP) is 1.39. The molecule has 1 aromatic heterocycles. The molecule has 0 radical (unpaired) electrons. The number of primary amides is 1. The van der Waals surface area contributed by atoms with Crippen molar-refractivity contribution in [2.24, 2.45) is 11.7 Å². The second-order valence-corrected chi connectivity index (χ2v) is 5.00. The molecule has 0 fully saturated rings.